The Morgan fingerprint density at radius 3 is 1.84 bits per heavy atom. The summed E-state index contributed by atoms with van der Waals surface area (Å²) in [6.45, 7) is 3.08. The van der Waals surface area contributed by atoms with E-state index in [0.29, 0.717) is 6.61 Å². The van der Waals surface area contributed by atoms with Crippen molar-refractivity contribution >= 4 is 0 Å². The molecule has 0 spiro atoms. The van der Waals surface area contributed by atoms with Gasteiger partial charge in [0.25, 0.3) is 0 Å². The lowest BCUT2D eigenvalue weighted by atomic mass is 10.0. The fourth-order valence-electron chi connectivity index (χ4n) is 4.06. The van der Waals surface area contributed by atoms with Crippen molar-refractivity contribution in [1.82, 2.24) is 0 Å². The third-order valence-corrected chi connectivity index (χ3v) is 6.16. The van der Waals surface area contributed by atoms with Crippen molar-refractivity contribution in [3.05, 3.63) is 12.2 Å². The van der Waals surface area contributed by atoms with Gasteiger partial charge < -0.3 is 24.8 Å². The minimum Gasteiger partial charge on any atom is -0.388 e. The molecule has 0 unspecified atom stereocenters. The fourth-order valence-corrected chi connectivity index (χ4v) is 4.06. The Morgan fingerprint density at radius 1 is 0.806 bits per heavy atom. The molecule has 31 heavy (non-hydrogen) atoms. The molecule has 1 heterocycles. The van der Waals surface area contributed by atoms with Crippen LogP contribution < -0.4 is 0 Å². The SMILES string of the molecule is CCCC/C=C/CCCCCCCCCCCCCCOC[C@@H](O)[C@@H]1OC[C@H](O)[C@@H]1O. The highest BCUT2D eigenvalue weighted by Crippen LogP contribution is 2.18. The predicted molar refractivity (Wildman–Crippen MR) is 127 cm³/mol. The zero-order valence-electron chi connectivity index (χ0n) is 20.1. The first-order valence-electron chi connectivity index (χ1n) is 13.0. The van der Waals surface area contributed by atoms with E-state index in [4.69, 9.17) is 9.47 Å². The molecule has 0 amide bonds. The topological polar surface area (TPSA) is 79.2 Å². The number of ether oxygens (including phenoxy) is 2. The molecular weight excluding hydrogens is 392 g/mol. The third-order valence-electron chi connectivity index (χ3n) is 6.16. The van der Waals surface area contributed by atoms with Crippen LogP contribution in [0.4, 0.5) is 0 Å². The van der Waals surface area contributed by atoms with Crippen molar-refractivity contribution in [1.29, 1.82) is 0 Å². The van der Waals surface area contributed by atoms with Crippen LogP contribution in [0.15, 0.2) is 12.2 Å². The van der Waals surface area contributed by atoms with E-state index in [1.165, 1.54) is 89.9 Å². The number of unbranched alkanes of at least 4 members (excludes halogenated alkanes) is 14. The Balaban J connectivity index is 1.74. The smallest absolute Gasteiger partial charge is 0.114 e. The van der Waals surface area contributed by atoms with Crippen LogP contribution >= 0.6 is 0 Å². The highest BCUT2D eigenvalue weighted by atomic mass is 16.5. The molecule has 0 saturated carbocycles. The first-order chi connectivity index (χ1) is 15.2. The summed E-state index contributed by atoms with van der Waals surface area (Å²) in [5, 5.41) is 29.1. The minimum atomic E-state index is -1.03. The van der Waals surface area contributed by atoms with E-state index in [2.05, 4.69) is 19.1 Å². The maximum Gasteiger partial charge on any atom is 0.114 e. The van der Waals surface area contributed by atoms with Gasteiger partial charge in [0.2, 0.25) is 0 Å². The molecular formula is C26H50O5. The van der Waals surface area contributed by atoms with Crippen molar-refractivity contribution in [3.63, 3.8) is 0 Å². The monoisotopic (exact) mass is 442 g/mol. The number of hydrogen-bond donors (Lipinski definition) is 3. The summed E-state index contributed by atoms with van der Waals surface area (Å²) in [6.07, 6.45) is 22.0. The maximum atomic E-state index is 9.96. The summed E-state index contributed by atoms with van der Waals surface area (Å²) < 4.78 is 10.7. The second-order valence-corrected chi connectivity index (χ2v) is 9.14. The zero-order chi connectivity index (χ0) is 22.6. The van der Waals surface area contributed by atoms with E-state index in [-0.39, 0.29) is 13.2 Å². The van der Waals surface area contributed by atoms with Crippen LogP contribution in [0, 0.1) is 0 Å². The van der Waals surface area contributed by atoms with E-state index in [0.717, 1.165) is 12.8 Å². The second kappa shape index (κ2) is 20.2. The van der Waals surface area contributed by atoms with Gasteiger partial charge >= 0.3 is 0 Å². The molecule has 1 aliphatic rings. The Morgan fingerprint density at radius 2 is 1.32 bits per heavy atom. The normalized spacial score (nSPS) is 22.5. The zero-order valence-corrected chi connectivity index (χ0v) is 20.1. The van der Waals surface area contributed by atoms with E-state index in [1.54, 1.807) is 0 Å². The standard InChI is InChI=1S/C26H50O5/c1-2-3-4-5-6-7-8-9-10-11-12-13-14-15-16-17-18-19-20-30-21-24(28)26-25(29)23(27)22-31-26/h5-6,23-29H,2-4,7-22H2,1H3/b6-5+/t23-,24+,25-,26-/m0/s1. The van der Waals surface area contributed by atoms with Crippen molar-refractivity contribution < 1.29 is 24.8 Å². The van der Waals surface area contributed by atoms with Crippen molar-refractivity contribution in [2.75, 3.05) is 19.8 Å². The van der Waals surface area contributed by atoms with Crippen molar-refractivity contribution in [3.8, 4) is 0 Å². The Hall–Kier alpha value is -0.460. The lowest BCUT2D eigenvalue weighted by Gasteiger charge is -2.20. The summed E-state index contributed by atoms with van der Waals surface area (Å²) in [5.74, 6) is 0. The molecule has 1 rings (SSSR count). The number of allylic oxidation sites excluding steroid dienone is 2. The number of rotatable bonds is 21. The molecule has 1 aliphatic heterocycles. The molecule has 1 saturated heterocycles. The largest absolute Gasteiger partial charge is 0.388 e. The van der Waals surface area contributed by atoms with E-state index < -0.39 is 24.4 Å². The average Bonchev–Trinajstić information content (AvgIpc) is 3.10. The second-order valence-electron chi connectivity index (χ2n) is 9.14. The first kappa shape index (κ1) is 28.6. The van der Waals surface area contributed by atoms with Gasteiger partial charge in [0.1, 0.15) is 24.4 Å². The third kappa shape index (κ3) is 15.1. The predicted octanol–water partition coefficient (Wildman–Crippen LogP) is 5.30. The van der Waals surface area contributed by atoms with Crippen molar-refractivity contribution in [2.45, 2.75) is 134 Å². The summed E-state index contributed by atoms with van der Waals surface area (Å²) in [5.41, 5.74) is 0. The van der Waals surface area contributed by atoms with Crippen LogP contribution in [0.25, 0.3) is 0 Å². The fraction of sp³-hybridized carbons (Fsp3) is 0.923. The molecule has 0 aromatic rings. The Bertz CT molecular complexity index is 415. The summed E-state index contributed by atoms with van der Waals surface area (Å²) in [4.78, 5) is 0. The van der Waals surface area contributed by atoms with Gasteiger partial charge in [-0.15, -0.1) is 0 Å². The molecule has 1 fully saturated rings. The van der Waals surface area contributed by atoms with Crippen LogP contribution in [0.1, 0.15) is 110 Å². The summed E-state index contributed by atoms with van der Waals surface area (Å²) >= 11 is 0. The number of hydrogen-bond acceptors (Lipinski definition) is 5. The van der Waals surface area contributed by atoms with Crippen LogP contribution in [0.5, 0.6) is 0 Å². The highest BCUT2D eigenvalue weighted by Gasteiger charge is 2.39. The van der Waals surface area contributed by atoms with Gasteiger partial charge in [0.15, 0.2) is 0 Å². The molecule has 5 heteroatoms. The first-order valence-corrected chi connectivity index (χ1v) is 13.0. The molecule has 0 aliphatic carbocycles. The van der Waals surface area contributed by atoms with E-state index >= 15 is 0 Å². The molecule has 0 bridgehead atoms. The molecule has 0 aromatic carbocycles. The average molecular weight is 443 g/mol. The number of aliphatic hydroxyl groups is 3. The summed E-state index contributed by atoms with van der Waals surface area (Å²) in [7, 11) is 0. The van der Waals surface area contributed by atoms with Gasteiger partial charge in [-0.1, -0.05) is 96.1 Å². The van der Waals surface area contributed by atoms with Gasteiger partial charge in [-0.3, -0.25) is 0 Å². The molecule has 5 nitrogen and oxygen atoms in total. The molecule has 0 radical (unpaired) electrons. The molecule has 3 N–H and O–H groups in total. The van der Waals surface area contributed by atoms with Crippen LogP contribution in [0.2, 0.25) is 0 Å². The van der Waals surface area contributed by atoms with Crippen LogP contribution in [0.3, 0.4) is 0 Å². The quantitative estimate of drug-likeness (QED) is 0.166. The Kier molecular flexibility index (Phi) is 18.6. The lowest BCUT2D eigenvalue weighted by molar-refractivity contribution is -0.0813. The van der Waals surface area contributed by atoms with Gasteiger partial charge in [-0.05, 0) is 25.7 Å². The lowest BCUT2D eigenvalue weighted by Crippen LogP contribution is -2.40. The van der Waals surface area contributed by atoms with Gasteiger partial charge in [0.05, 0.1) is 13.2 Å². The number of aliphatic hydroxyl groups excluding tert-OH is 3. The van der Waals surface area contributed by atoms with E-state index in [1.807, 2.05) is 0 Å². The summed E-state index contributed by atoms with van der Waals surface area (Å²) in [6, 6.07) is 0. The minimum absolute atomic E-state index is 0.0694. The Labute approximate surface area is 191 Å². The van der Waals surface area contributed by atoms with Gasteiger partial charge in [-0.2, -0.15) is 0 Å². The van der Waals surface area contributed by atoms with Gasteiger partial charge in [0, 0.05) is 6.61 Å². The molecule has 184 valence electrons. The van der Waals surface area contributed by atoms with Crippen LogP contribution in [-0.4, -0.2) is 59.6 Å². The van der Waals surface area contributed by atoms with Gasteiger partial charge in [-0.25, -0.2) is 0 Å². The highest BCUT2D eigenvalue weighted by molar-refractivity contribution is 4.87. The van der Waals surface area contributed by atoms with E-state index in [9.17, 15) is 15.3 Å². The molecule has 0 aromatic heterocycles. The van der Waals surface area contributed by atoms with Crippen molar-refractivity contribution in [2.24, 2.45) is 0 Å². The molecule has 4 atom stereocenters. The maximum absolute atomic E-state index is 9.96. The van der Waals surface area contributed by atoms with Crippen LogP contribution in [-0.2, 0) is 9.47 Å².